The third-order valence-corrected chi connectivity index (χ3v) is 8.87. The predicted molar refractivity (Wildman–Crippen MR) is 128 cm³/mol. The van der Waals surface area contributed by atoms with Crippen molar-refractivity contribution in [2.24, 2.45) is 0 Å². The molecule has 2 aliphatic heterocycles. The molecule has 0 spiro atoms. The van der Waals surface area contributed by atoms with E-state index in [9.17, 15) is 0 Å². The van der Waals surface area contributed by atoms with E-state index >= 15 is 0 Å². The molecule has 0 radical (unpaired) electrons. The van der Waals surface area contributed by atoms with E-state index in [-0.39, 0.29) is 12.2 Å². The Balaban J connectivity index is 1.53. The summed E-state index contributed by atoms with van der Waals surface area (Å²) in [6, 6.07) is 11.2. The topological polar surface area (TPSA) is 71.2 Å². The molecule has 0 aromatic heterocycles. The molecule has 182 valence electrons. The highest BCUT2D eigenvalue weighted by Crippen LogP contribution is 2.37. The van der Waals surface area contributed by atoms with E-state index in [1.54, 1.807) is 0 Å². The van der Waals surface area contributed by atoms with Crippen LogP contribution in [0.3, 0.4) is 0 Å². The van der Waals surface area contributed by atoms with Crippen molar-refractivity contribution in [2.45, 2.75) is 51.9 Å². The van der Waals surface area contributed by atoms with Gasteiger partial charge in [-0.15, -0.1) is 0 Å². The first-order valence-corrected chi connectivity index (χ1v) is 14.1. The summed E-state index contributed by atoms with van der Waals surface area (Å²) in [6.45, 7) is 10.4. The highest BCUT2D eigenvalue weighted by Gasteiger charge is 2.39. The minimum atomic E-state index is -2.66. The Hall–Kier alpha value is -1.68. The molecular formula is C25H36O7Si. The molecule has 4 rings (SSSR count). The summed E-state index contributed by atoms with van der Waals surface area (Å²) < 4.78 is 41.1. The molecule has 2 atom stereocenters. The maximum absolute atomic E-state index is 6.30. The van der Waals surface area contributed by atoms with E-state index in [0.29, 0.717) is 33.0 Å². The Kier molecular flexibility index (Phi) is 8.62. The van der Waals surface area contributed by atoms with E-state index in [2.05, 4.69) is 18.2 Å². The Bertz CT molecular complexity index is 881. The number of fused-ring (bicyclic) bond motifs is 1. The lowest BCUT2D eigenvalue weighted by atomic mass is 10.0. The van der Waals surface area contributed by atoms with Gasteiger partial charge in [-0.05, 0) is 45.2 Å². The molecule has 2 unspecified atom stereocenters. The summed E-state index contributed by atoms with van der Waals surface area (Å²) in [5.74, 6) is 1.77. The Morgan fingerprint density at radius 2 is 1.45 bits per heavy atom. The first-order chi connectivity index (χ1) is 16.2. The van der Waals surface area contributed by atoms with Crippen LogP contribution in [-0.4, -0.2) is 67.3 Å². The summed E-state index contributed by atoms with van der Waals surface area (Å²) in [7, 11) is -2.66. The van der Waals surface area contributed by atoms with Crippen molar-refractivity contribution in [1.82, 2.24) is 0 Å². The first kappa shape index (κ1) is 24.4. The third-order valence-electron chi connectivity index (χ3n) is 5.72. The maximum Gasteiger partial charge on any atom is 0.500 e. The van der Waals surface area contributed by atoms with E-state index in [4.69, 9.17) is 32.2 Å². The van der Waals surface area contributed by atoms with Crippen LogP contribution in [0.5, 0.6) is 11.5 Å². The molecule has 7 nitrogen and oxygen atoms in total. The molecule has 2 heterocycles. The minimum absolute atomic E-state index is 0.188. The Labute approximate surface area is 197 Å². The van der Waals surface area contributed by atoms with Gasteiger partial charge in [-0.25, -0.2) is 0 Å². The number of hydrogen-bond donors (Lipinski definition) is 0. The van der Waals surface area contributed by atoms with Crippen molar-refractivity contribution in [3.8, 4) is 11.5 Å². The molecule has 2 saturated heterocycles. The summed E-state index contributed by atoms with van der Waals surface area (Å²) >= 11 is 0. The van der Waals surface area contributed by atoms with Crippen LogP contribution in [0.15, 0.2) is 30.3 Å². The zero-order valence-corrected chi connectivity index (χ0v) is 21.0. The van der Waals surface area contributed by atoms with Crippen LogP contribution in [0.4, 0.5) is 0 Å². The van der Waals surface area contributed by atoms with Gasteiger partial charge >= 0.3 is 8.80 Å². The zero-order chi connectivity index (χ0) is 23.1. The molecule has 0 N–H and O–H groups in total. The molecule has 2 aromatic rings. The van der Waals surface area contributed by atoms with Gasteiger partial charge in [0.1, 0.15) is 36.9 Å². The summed E-state index contributed by atoms with van der Waals surface area (Å²) in [5, 5.41) is 2.11. The number of epoxide rings is 2. The average Bonchev–Trinajstić information content (AvgIpc) is 3.72. The minimum Gasteiger partial charge on any atom is -0.490 e. The molecule has 33 heavy (non-hydrogen) atoms. The monoisotopic (exact) mass is 476 g/mol. The van der Waals surface area contributed by atoms with Crippen molar-refractivity contribution in [3.05, 3.63) is 35.9 Å². The number of ether oxygens (including phenoxy) is 4. The molecule has 0 aliphatic carbocycles. The number of hydrogen-bond acceptors (Lipinski definition) is 7. The highest BCUT2D eigenvalue weighted by atomic mass is 28.4. The van der Waals surface area contributed by atoms with Gasteiger partial charge < -0.3 is 32.2 Å². The van der Waals surface area contributed by atoms with Crippen molar-refractivity contribution in [1.29, 1.82) is 0 Å². The normalized spacial score (nSPS) is 19.6. The summed E-state index contributed by atoms with van der Waals surface area (Å²) in [4.78, 5) is 0. The molecule has 2 aliphatic rings. The van der Waals surface area contributed by atoms with Crippen LogP contribution in [-0.2, 0) is 29.2 Å². The highest BCUT2D eigenvalue weighted by molar-refractivity contribution is 6.60. The van der Waals surface area contributed by atoms with Gasteiger partial charge in [0.25, 0.3) is 0 Å². The standard InChI is InChI=1S/C25H36O7Si/c1-4-30-33(31-5-2,32-6-3)14-8-9-19-12-13-22-23(25(19)29-18-21-16-27-21)10-7-11-24(22)28-17-20-15-26-20/h7,10-13,20-21H,4-6,8-9,14-18H2,1-3H3. The first-order valence-electron chi connectivity index (χ1n) is 12.1. The molecule has 8 heteroatoms. The third kappa shape index (κ3) is 6.68. The van der Waals surface area contributed by atoms with E-state index in [1.807, 2.05) is 32.9 Å². The lowest BCUT2D eigenvalue weighted by Gasteiger charge is -2.28. The number of aryl methyl sites for hydroxylation is 1. The predicted octanol–water partition coefficient (Wildman–Crippen LogP) is 4.38. The number of rotatable bonds is 16. The fourth-order valence-corrected chi connectivity index (χ4v) is 6.64. The lowest BCUT2D eigenvalue weighted by molar-refractivity contribution is 0.0708. The molecule has 0 saturated carbocycles. The van der Waals surface area contributed by atoms with Gasteiger partial charge in [0, 0.05) is 36.6 Å². The van der Waals surface area contributed by atoms with Gasteiger partial charge in [-0.1, -0.05) is 24.3 Å². The molecular weight excluding hydrogens is 440 g/mol. The van der Waals surface area contributed by atoms with Gasteiger partial charge in [0.05, 0.1) is 13.2 Å². The van der Waals surface area contributed by atoms with Crippen LogP contribution >= 0.6 is 0 Å². The van der Waals surface area contributed by atoms with Crippen molar-refractivity contribution >= 4 is 19.6 Å². The second-order valence-corrected chi connectivity index (χ2v) is 11.0. The van der Waals surface area contributed by atoms with Crippen LogP contribution < -0.4 is 9.47 Å². The van der Waals surface area contributed by atoms with Gasteiger partial charge in [-0.2, -0.15) is 0 Å². The molecule has 2 aromatic carbocycles. The Morgan fingerprint density at radius 3 is 2.06 bits per heavy atom. The zero-order valence-electron chi connectivity index (χ0n) is 20.0. The fourth-order valence-electron chi connectivity index (χ4n) is 4.02. The molecule has 0 amide bonds. The van der Waals surface area contributed by atoms with Crippen molar-refractivity contribution in [2.75, 3.05) is 46.2 Å². The quantitative estimate of drug-likeness (QED) is 0.263. The summed E-state index contributed by atoms with van der Waals surface area (Å²) in [5.41, 5.74) is 1.17. The number of benzene rings is 2. The van der Waals surface area contributed by atoms with E-state index in [0.717, 1.165) is 54.4 Å². The van der Waals surface area contributed by atoms with Crippen LogP contribution in [0.1, 0.15) is 32.8 Å². The average molecular weight is 477 g/mol. The SMILES string of the molecule is CCO[Si](CCCc1ccc2c(OCC3CO3)cccc2c1OCC1CO1)(OCC)OCC. The van der Waals surface area contributed by atoms with Crippen LogP contribution in [0.2, 0.25) is 6.04 Å². The second kappa shape index (κ2) is 11.6. The smallest absolute Gasteiger partial charge is 0.490 e. The van der Waals surface area contributed by atoms with Crippen molar-refractivity contribution < 1.29 is 32.2 Å². The molecule has 2 fully saturated rings. The van der Waals surface area contributed by atoms with Crippen molar-refractivity contribution in [3.63, 3.8) is 0 Å². The Morgan fingerprint density at radius 1 is 0.818 bits per heavy atom. The fraction of sp³-hybridized carbons (Fsp3) is 0.600. The second-order valence-electron chi connectivity index (χ2n) is 8.27. The van der Waals surface area contributed by atoms with Crippen LogP contribution in [0.25, 0.3) is 10.8 Å². The maximum atomic E-state index is 6.30. The summed E-state index contributed by atoms with van der Waals surface area (Å²) in [6.07, 6.45) is 2.14. The van der Waals surface area contributed by atoms with Gasteiger partial charge in [0.15, 0.2) is 0 Å². The van der Waals surface area contributed by atoms with E-state index < -0.39 is 8.80 Å². The van der Waals surface area contributed by atoms with Gasteiger partial charge in [-0.3, -0.25) is 0 Å². The van der Waals surface area contributed by atoms with Gasteiger partial charge in [0.2, 0.25) is 0 Å². The van der Waals surface area contributed by atoms with Crippen LogP contribution in [0, 0.1) is 0 Å². The van der Waals surface area contributed by atoms with E-state index in [1.165, 1.54) is 5.56 Å². The largest absolute Gasteiger partial charge is 0.500 e. The molecule has 0 bridgehead atoms. The lowest BCUT2D eigenvalue weighted by Crippen LogP contribution is -2.46.